The Morgan fingerprint density at radius 3 is 2.94 bits per heavy atom. The highest BCUT2D eigenvalue weighted by Crippen LogP contribution is 2.44. The molecule has 0 saturated heterocycles. The van der Waals surface area contributed by atoms with Crippen LogP contribution in [0.1, 0.15) is 43.9 Å². The average Bonchev–Trinajstić information content (AvgIpc) is 2.93. The van der Waals surface area contributed by atoms with E-state index in [0.29, 0.717) is 5.92 Å². The highest BCUT2D eigenvalue weighted by atomic mass is 16.4. The summed E-state index contributed by atoms with van der Waals surface area (Å²) in [5.74, 6) is 1.38. The molecule has 18 heavy (non-hydrogen) atoms. The molecular weight excluding hydrogens is 224 g/mol. The number of fused-ring (bicyclic) bond motifs is 1. The zero-order valence-corrected chi connectivity index (χ0v) is 11.1. The van der Waals surface area contributed by atoms with E-state index in [1.807, 2.05) is 18.2 Å². The fourth-order valence-corrected chi connectivity index (χ4v) is 3.09. The Kier molecular flexibility index (Phi) is 2.70. The van der Waals surface area contributed by atoms with Crippen molar-refractivity contribution in [3.05, 3.63) is 35.6 Å². The maximum atomic E-state index is 10.7. The van der Waals surface area contributed by atoms with Gasteiger partial charge in [-0.1, -0.05) is 25.0 Å². The number of rotatable bonds is 2. The molecule has 0 amide bonds. The Hall–Kier alpha value is -1.28. The largest absolute Gasteiger partial charge is 0.458 e. The third-order valence-electron chi connectivity index (χ3n) is 4.30. The molecule has 2 heteroatoms. The van der Waals surface area contributed by atoms with Crippen molar-refractivity contribution in [2.24, 2.45) is 5.92 Å². The van der Waals surface area contributed by atoms with E-state index in [1.54, 1.807) is 0 Å². The van der Waals surface area contributed by atoms with Gasteiger partial charge in [-0.05, 0) is 50.3 Å². The van der Waals surface area contributed by atoms with Crippen LogP contribution in [0.25, 0.3) is 11.0 Å². The molecule has 2 unspecified atom stereocenters. The van der Waals surface area contributed by atoms with Gasteiger partial charge >= 0.3 is 0 Å². The quantitative estimate of drug-likeness (QED) is 0.861. The van der Waals surface area contributed by atoms with Gasteiger partial charge in [-0.3, -0.25) is 0 Å². The van der Waals surface area contributed by atoms with Gasteiger partial charge in [-0.2, -0.15) is 0 Å². The van der Waals surface area contributed by atoms with Gasteiger partial charge in [0.2, 0.25) is 0 Å². The van der Waals surface area contributed by atoms with Gasteiger partial charge in [-0.25, -0.2) is 0 Å². The molecule has 0 bridgehead atoms. The summed E-state index contributed by atoms with van der Waals surface area (Å²) in [5, 5.41) is 11.8. The first-order valence-corrected chi connectivity index (χ1v) is 6.84. The van der Waals surface area contributed by atoms with E-state index in [2.05, 4.69) is 19.9 Å². The van der Waals surface area contributed by atoms with Gasteiger partial charge in [0.1, 0.15) is 16.9 Å². The number of furan rings is 1. The Morgan fingerprint density at radius 1 is 1.39 bits per heavy atom. The molecule has 1 N–H and O–H groups in total. The molecule has 2 nitrogen and oxygen atoms in total. The van der Waals surface area contributed by atoms with Crippen molar-refractivity contribution in [3.8, 4) is 0 Å². The highest BCUT2D eigenvalue weighted by Gasteiger charge is 2.40. The zero-order chi connectivity index (χ0) is 12.8. The summed E-state index contributed by atoms with van der Waals surface area (Å²) in [7, 11) is 0. The smallest absolute Gasteiger partial charge is 0.136 e. The monoisotopic (exact) mass is 244 g/mol. The summed E-state index contributed by atoms with van der Waals surface area (Å²) in [6.45, 7) is 4.27. The Labute approximate surface area is 108 Å². The highest BCUT2D eigenvalue weighted by molar-refractivity contribution is 5.78. The lowest BCUT2D eigenvalue weighted by Gasteiger charge is -2.19. The van der Waals surface area contributed by atoms with Crippen molar-refractivity contribution >= 4 is 11.0 Å². The molecule has 1 aromatic carbocycles. The molecule has 2 aromatic rings. The third-order valence-corrected chi connectivity index (χ3v) is 4.30. The van der Waals surface area contributed by atoms with E-state index < -0.39 is 5.60 Å². The van der Waals surface area contributed by atoms with Crippen LogP contribution in [0.5, 0.6) is 0 Å². The minimum absolute atomic E-state index is 0.630. The number of aliphatic hydroxyl groups is 1. The first kappa shape index (κ1) is 11.8. The van der Waals surface area contributed by atoms with E-state index in [-0.39, 0.29) is 0 Å². The molecule has 1 aliphatic carbocycles. The summed E-state index contributed by atoms with van der Waals surface area (Å²) >= 11 is 0. The van der Waals surface area contributed by atoms with Crippen LogP contribution < -0.4 is 0 Å². The van der Waals surface area contributed by atoms with Crippen molar-refractivity contribution in [1.82, 2.24) is 0 Å². The van der Waals surface area contributed by atoms with Crippen molar-refractivity contribution in [3.63, 3.8) is 0 Å². The number of aryl methyl sites for hydroxylation is 1. The Bertz CT molecular complexity index is 569. The van der Waals surface area contributed by atoms with E-state index in [0.717, 1.165) is 42.4 Å². The zero-order valence-electron chi connectivity index (χ0n) is 11.1. The molecular formula is C16H20O2. The van der Waals surface area contributed by atoms with Gasteiger partial charge in [0, 0.05) is 5.39 Å². The molecule has 1 saturated carbocycles. The lowest BCUT2D eigenvalue weighted by atomic mass is 9.96. The van der Waals surface area contributed by atoms with Crippen LogP contribution in [0.3, 0.4) is 0 Å². The number of hydrogen-bond donors (Lipinski definition) is 1. The van der Waals surface area contributed by atoms with Crippen LogP contribution in [-0.2, 0) is 5.60 Å². The van der Waals surface area contributed by atoms with Gasteiger partial charge in [0.25, 0.3) is 0 Å². The molecule has 1 heterocycles. The van der Waals surface area contributed by atoms with Crippen LogP contribution in [-0.4, -0.2) is 5.11 Å². The van der Waals surface area contributed by atoms with Crippen LogP contribution >= 0.6 is 0 Å². The molecule has 1 aliphatic rings. The summed E-state index contributed by atoms with van der Waals surface area (Å²) in [4.78, 5) is 0. The van der Waals surface area contributed by atoms with Crippen LogP contribution in [0.15, 0.2) is 28.7 Å². The Morgan fingerprint density at radius 2 is 2.22 bits per heavy atom. The standard InChI is InChI=1S/C16H20O2/c1-3-12-6-7-16(17,10-12)15-9-13-8-11(2)4-5-14(13)18-15/h4-5,8-9,12,17H,3,6-7,10H2,1-2H3. The lowest BCUT2D eigenvalue weighted by molar-refractivity contribution is 0.0192. The normalized spacial score (nSPS) is 28.1. The molecule has 1 fully saturated rings. The summed E-state index contributed by atoms with van der Waals surface area (Å²) in [6.07, 6.45) is 3.90. The molecule has 0 aliphatic heterocycles. The van der Waals surface area contributed by atoms with Gasteiger partial charge in [0.15, 0.2) is 0 Å². The van der Waals surface area contributed by atoms with Crippen molar-refractivity contribution in [2.75, 3.05) is 0 Å². The molecule has 1 aromatic heterocycles. The van der Waals surface area contributed by atoms with Crippen molar-refractivity contribution in [2.45, 2.75) is 45.1 Å². The maximum absolute atomic E-state index is 10.7. The fourth-order valence-electron chi connectivity index (χ4n) is 3.09. The first-order valence-electron chi connectivity index (χ1n) is 6.84. The van der Waals surface area contributed by atoms with E-state index >= 15 is 0 Å². The maximum Gasteiger partial charge on any atom is 0.136 e. The van der Waals surface area contributed by atoms with E-state index in [9.17, 15) is 5.11 Å². The van der Waals surface area contributed by atoms with E-state index in [1.165, 1.54) is 5.56 Å². The third kappa shape index (κ3) is 1.85. The van der Waals surface area contributed by atoms with Crippen LogP contribution in [0.2, 0.25) is 0 Å². The fraction of sp³-hybridized carbons (Fsp3) is 0.500. The predicted octanol–water partition coefficient (Wildman–Crippen LogP) is 4.14. The molecule has 0 spiro atoms. The van der Waals surface area contributed by atoms with Crippen molar-refractivity contribution in [1.29, 1.82) is 0 Å². The SMILES string of the molecule is CCC1CCC(O)(c2cc3cc(C)ccc3o2)C1. The number of hydrogen-bond acceptors (Lipinski definition) is 2. The second-order valence-electron chi connectivity index (χ2n) is 5.70. The lowest BCUT2D eigenvalue weighted by Crippen LogP contribution is -2.20. The van der Waals surface area contributed by atoms with Gasteiger partial charge < -0.3 is 9.52 Å². The summed E-state index contributed by atoms with van der Waals surface area (Å²) in [6, 6.07) is 8.16. The molecule has 96 valence electrons. The number of benzene rings is 1. The van der Waals surface area contributed by atoms with Crippen LogP contribution in [0, 0.1) is 12.8 Å². The minimum atomic E-state index is -0.742. The van der Waals surface area contributed by atoms with Crippen molar-refractivity contribution < 1.29 is 9.52 Å². The van der Waals surface area contributed by atoms with Gasteiger partial charge in [-0.15, -0.1) is 0 Å². The molecule has 2 atom stereocenters. The molecule has 0 radical (unpaired) electrons. The topological polar surface area (TPSA) is 33.4 Å². The second kappa shape index (κ2) is 4.13. The molecule has 3 rings (SSSR count). The minimum Gasteiger partial charge on any atom is -0.458 e. The van der Waals surface area contributed by atoms with E-state index in [4.69, 9.17) is 4.42 Å². The summed E-state index contributed by atoms with van der Waals surface area (Å²) in [5.41, 5.74) is 1.36. The van der Waals surface area contributed by atoms with Crippen LogP contribution in [0.4, 0.5) is 0 Å². The van der Waals surface area contributed by atoms with Gasteiger partial charge in [0.05, 0.1) is 0 Å². The predicted molar refractivity (Wildman–Crippen MR) is 72.5 cm³/mol. The average molecular weight is 244 g/mol. The first-order chi connectivity index (χ1) is 8.60. The second-order valence-corrected chi connectivity index (χ2v) is 5.70. The summed E-state index contributed by atoms with van der Waals surface area (Å²) < 4.78 is 5.85. The Balaban J connectivity index is 1.99.